The Morgan fingerprint density at radius 2 is 1.25 bits per heavy atom. The van der Waals surface area contributed by atoms with Gasteiger partial charge < -0.3 is 0 Å². The Morgan fingerprint density at radius 1 is 0.875 bits per heavy atom. The third-order valence-electron chi connectivity index (χ3n) is 0.609. The van der Waals surface area contributed by atoms with E-state index in [4.69, 9.17) is 0 Å². The maximum atomic E-state index is 2.90. The summed E-state index contributed by atoms with van der Waals surface area (Å²) in [6.07, 6.45) is 7.35. The summed E-state index contributed by atoms with van der Waals surface area (Å²) in [4.78, 5) is 0. The fraction of sp³-hybridized carbons (Fsp3) is 0.250. The van der Waals surface area contributed by atoms with Crippen LogP contribution in [0, 0.1) is 0 Å². The van der Waals surface area contributed by atoms with Crippen LogP contribution in [0.5, 0.6) is 0 Å². The van der Waals surface area contributed by atoms with Crippen molar-refractivity contribution in [2.75, 3.05) is 0 Å². The Balaban J connectivity index is 3.77. The summed E-state index contributed by atoms with van der Waals surface area (Å²) in [7, 11) is 0. The van der Waals surface area contributed by atoms with Crippen LogP contribution in [0.15, 0.2) is 35.8 Å². The minimum atomic E-state index is 1.82. The van der Waals surface area contributed by atoms with Gasteiger partial charge in [0.15, 0.2) is 0 Å². The van der Waals surface area contributed by atoms with E-state index < -0.39 is 0 Å². The van der Waals surface area contributed by atoms with Crippen molar-refractivity contribution in [2.45, 2.75) is 13.8 Å². The highest BCUT2D eigenvalue weighted by Gasteiger charge is 1.48. The first-order chi connectivity index (χ1) is 3.91. The van der Waals surface area contributed by atoms with Gasteiger partial charge in [0.25, 0.3) is 0 Å². The Hall–Kier alpha value is -0.960. The molecule has 0 heteroatoms. The standard InChI is InChI=1S/C8H10/c1-3-5-7-8-6-4-2/h3-4,7-8H,1-2H3. The lowest BCUT2D eigenvalue weighted by atomic mass is 10.5. The van der Waals surface area contributed by atoms with Crippen LogP contribution < -0.4 is 0 Å². The summed E-state index contributed by atoms with van der Waals surface area (Å²) < 4.78 is 0. The lowest BCUT2D eigenvalue weighted by molar-refractivity contribution is 1.75. The Bertz CT molecular complexity index is 129. The third kappa shape index (κ3) is 5.04. The zero-order chi connectivity index (χ0) is 6.24. The van der Waals surface area contributed by atoms with E-state index in [2.05, 4.69) is 11.5 Å². The molecule has 0 rings (SSSR count). The van der Waals surface area contributed by atoms with Gasteiger partial charge in [0.2, 0.25) is 0 Å². The molecule has 0 radical (unpaired) electrons. The van der Waals surface area contributed by atoms with Crippen LogP contribution in [-0.4, -0.2) is 0 Å². The summed E-state index contributed by atoms with van der Waals surface area (Å²) in [6, 6.07) is 0. The van der Waals surface area contributed by atoms with Gasteiger partial charge in [-0.05, 0) is 38.2 Å². The van der Waals surface area contributed by atoms with Gasteiger partial charge in [-0.15, -0.1) is 11.5 Å². The molecule has 0 N–H and O–H groups in total. The van der Waals surface area contributed by atoms with Crippen LogP contribution >= 0.6 is 0 Å². The van der Waals surface area contributed by atoms with E-state index in [-0.39, 0.29) is 0 Å². The van der Waals surface area contributed by atoms with Gasteiger partial charge >= 0.3 is 0 Å². The van der Waals surface area contributed by atoms with E-state index in [1.165, 1.54) is 0 Å². The van der Waals surface area contributed by atoms with Crippen LogP contribution in [0.3, 0.4) is 0 Å². The quantitative estimate of drug-likeness (QED) is 0.356. The fourth-order valence-corrected chi connectivity index (χ4v) is 0.289. The maximum absolute atomic E-state index is 2.90. The normalized spacial score (nSPS) is 5.75. The molecule has 0 aliphatic rings. The molecule has 0 nitrogen and oxygen atoms in total. The van der Waals surface area contributed by atoms with Crippen molar-refractivity contribution in [1.82, 2.24) is 0 Å². The van der Waals surface area contributed by atoms with E-state index in [1.807, 2.05) is 38.2 Å². The molecule has 0 unspecified atom stereocenters. The number of rotatable bonds is 1. The van der Waals surface area contributed by atoms with E-state index in [0.29, 0.717) is 0 Å². The van der Waals surface area contributed by atoms with Crippen LogP contribution in [-0.2, 0) is 0 Å². The summed E-state index contributed by atoms with van der Waals surface area (Å²) >= 11 is 0. The average molecular weight is 106 g/mol. The van der Waals surface area contributed by atoms with Crippen LogP contribution in [0.25, 0.3) is 0 Å². The number of hydrogen-bond donors (Lipinski definition) is 0. The molecule has 42 valence electrons. The van der Waals surface area contributed by atoms with Crippen LogP contribution in [0.1, 0.15) is 13.8 Å². The first-order valence-corrected chi connectivity index (χ1v) is 2.64. The highest BCUT2D eigenvalue weighted by molar-refractivity contribution is 5.00. The summed E-state index contributed by atoms with van der Waals surface area (Å²) in [5, 5.41) is 0. The molecule has 0 aromatic carbocycles. The molecule has 0 aromatic heterocycles. The van der Waals surface area contributed by atoms with Crippen molar-refractivity contribution in [3.63, 3.8) is 0 Å². The first kappa shape index (κ1) is 7.04. The van der Waals surface area contributed by atoms with Gasteiger partial charge in [0, 0.05) is 0 Å². The molecule has 0 aliphatic heterocycles. The van der Waals surface area contributed by atoms with Gasteiger partial charge in [-0.25, -0.2) is 0 Å². The van der Waals surface area contributed by atoms with Crippen molar-refractivity contribution in [1.29, 1.82) is 0 Å². The molecule has 0 saturated carbocycles. The topological polar surface area (TPSA) is 0 Å². The second-order valence-corrected chi connectivity index (χ2v) is 1.24. The van der Waals surface area contributed by atoms with Crippen molar-refractivity contribution in [3.05, 3.63) is 35.8 Å². The Labute approximate surface area is 50.5 Å². The lowest BCUT2D eigenvalue weighted by Crippen LogP contribution is -1.37. The van der Waals surface area contributed by atoms with E-state index in [0.717, 1.165) is 0 Å². The second kappa shape index (κ2) is 6.04. The highest BCUT2D eigenvalue weighted by Crippen LogP contribution is 1.68. The minimum absolute atomic E-state index is 1.82. The molecule has 0 bridgehead atoms. The molecular weight excluding hydrogens is 96.1 g/mol. The zero-order valence-electron chi connectivity index (χ0n) is 5.31. The number of allylic oxidation sites excluding steroid dienone is 2. The first-order valence-electron chi connectivity index (χ1n) is 2.64. The predicted molar refractivity (Wildman–Crippen MR) is 36.7 cm³/mol. The van der Waals surface area contributed by atoms with E-state index in [1.54, 1.807) is 0 Å². The van der Waals surface area contributed by atoms with Gasteiger partial charge in [-0.2, -0.15) is 0 Å². The molecule has 0 atom stereocenters. The SMILES string of the molecule is CC=C=CC=C=CC. The molecule has 0 spiro atoms. The summed E-state index contributed by atoms with van der Waals surface area (Å²) in [5.41, 5.74) is 5.79. The van der Waals surface area contributed by atoms with Gasteiger partial charge in [-0.3, -0.25) is 0 Å². The molecule has 0 saturated heterocycles. The average Bonchev–Trinajstić information content (AvgIpc) is 1.81. The predicted octanol–water partition coefficient (Wildman–Crippen LogP) is 2.45. The fourth-order valence-electron chi connectivity index (χ4n) is 0.289. The smallest absolute Gasteiger partial charge is 0.0126 e. The lowest BCUT2D eigenvalue weighted by Gasteiger charge is -1.58. The van der Waals surface area contributed by atoms with E-state index >= 15 is 0 Å². The molecule has 0 aliphatic carbocycles. The molecule has 8 heavy (non-hydrogen) atoms. The van der Waals surface area contributed by atoms with Crippen LogP contribution in [0.4, 0.5) is 0 Å². The summed E-state index contributed by atoms with van der Waals surface area (Å²) in [5.74, 6) is 0. The van der Waals surface area contributed by atoms with Crippen molar-refractivity contribution >= 4 is 0 Å². The Morgan fingerprint density at radius 3 is 1.50 bits per heavy atom. The number of hydrogen-bond acceptors (Lipinski definition) is 0. The third-order valence-corrected chi connectivity index (χ3v) is 0.609. The highest BCUT2D eigenvalue weighted by atomic mass is 13.5. The van der Waals surface area contributed by atoms with E-state index in [9.17, 15) is 0 Å². The van der Waals surface area contributed by atoms with Crippen molar-refractivity contribution in [3.8, 4) is 0 Å². The summed E-state index contributed by atoms with van der Waals surface area (Å²) in [6.45, 7) is 3.86. The van der Waals surface area contributed by atoms with Crippen molar-refractivity contribution < 1.29 is 0 Å². The second-order valence-electron chi connectivity index (χ2n) is 1.24. The van der Waals surface area contributed by atoms with Crippen molar-refractivity contribution in [2.24, 2.45) is 0 Å². The minimum Gasteiger partial charge on any atom is -0.125 e. The Kier molecular flexibility index (Phi) is 5.32. The molecule has 0 heterocycles. The molecule has 0 amide bonds. The molecule has 0 fully saturated rings. The van der Waals surface area contributed by atoms with Crippen LogP contribution in [0.2, 0.25) is 0 Å². The monoisotopic (exact) mass is 106 g/mol. The van der Waals surface area contributed by atoms with Gasteiger partial charge in [0.05, 0.1) is 0 Å². The zero-order valence-corrected chi connectivity index (χ0v) is 5.31. The molecular formula is C8H10. The molecule has 0 aromatic rings. The van der Waals surface area contributed by atoms with Gasteiger partial charge in [0.1, 0.15) is 0 Å². The maximum Gasteiger partial charge on any atom is -0.0126 e. The van der Waals surface area contributed by atoms with Gasteiger partial charge in [-0.1, -0.05) is 0 Å². The largest absolute Gasteiger partial charge is 0.125 e.